The molecule has 10 nitrogen and oxygen atoms in total. The molecule has 16 heteroatoms. The van der Waals surface area contributed by atoms with Crippen molar-refractivity contribution in [2.75, 3.05) is 0 Å². The molecule has 0 aliphatic carbocycles. The Hall–Kier alpha value is -0.413. The SMILES string of the molecule is N#C[S-].N#C[S-].N#C[S-].N#C[S-].NC(N)C(O)[CH2][Ni+2].NC(N)C(O)[CH2][Ni+2]. The second kappa shape index (κ2) is 44.2. The van der Waals surface area contributed by atoms with Crippen LogP contribution >= 0.6 is 0 Å². The number of nitrogens with two attached hydrogens (primary N) is 4. The predicted molar refractivity (Wildman–Crippen MR) is 97.9 cm³/mol. The Bertz CT molecular complexity index is 348. The molecule has 0 spiro atoms. The van der Waals surface area contributed by atoms with Crippen LogP contribution in [0.15, 0.2) is 0 Å². The van der Waals surface area contributed by atoms with Crippen molar-refractivity contribution in [1.29, 1.82) is 21.0 Å². The molecule has 0 aromatic heterocycles. The number of hydrogen-bond donors (Lipinski definition) is 6. The van der Waals surface area contributed by atoms with Crippen molar-refractivity contribution in [2.24, 2.45) is 22.9 Å². The molecule has 0 aliphatic rings. The monoisotopic (exact) mass is 526 g/mol. The Kier molecular flexibility index (Phi) is 68.6. The second-order valence-electron chi connectivity index (χ2n) is 2.91. The van der Waals surface area contributed by atoms with E-state index in [-0.39, 0.29) is 10.8 Å². The minimum absolute atomic E-state index is 0.248. The normalized spacial score (nSPS) is 9.15. The van der Waals surface area contributed by atoms with Crippen molar-refractivity contribution in [1.82, 2.24) is 0 Å². The van der Waals surface area contributed by atoms with Crippen molar-refractivity contribution in [2.45, 2.75) is 35.3 Å². The Morgan fingerprint density at radius 2 is 0.769 bits per heavy atom. The summed E-state index contributed by atoms with van der Waals surface area (Å²) in [7, 11) is 0. The van der Waals surface area contributed by atoms with Crippen molar-refractivity contribution in [3.05, 3.63) is 0 Å². The van der Waals surface area contributed by atoms with Crippen LogP contribution in [0.3, 0.4) is 0 Å². The molecule has 10 N–H and O–H groups in total. The Labute approximate surface area is 191 Å². The number of nitriles is 4. The molecule has 0 fully saturated rings. The van der Waals surface area contributed by atoms with E-state index < -0.39 is 24.5 Å². The molecule has 2 unspecified atom stereocenters. The summed E-state index contributed by atoms with van der Waals surface area (Å²) in [4.78, 5) is 0. The van der Waals surface area contributed by atoms with Gasteiger partial charge in [0.2, 0.25) is 0 Å². The van der Waals surface area contributed by atoms with Gasteiger partial charge in [0.1, 0.15) is 0 Å². The topological polar surface area (TPSA) is 240 Å². The van der Waals surface area contributed by atoms with Gasteiger partial charge in [-0.1, -0.05) is 21.6 Å². The van der Waals surface area contributed by atoms with E-state index >= 15 is 0 Å². The average molecular weight is 528 g/mol. The first-order valence-electron chi connectivity index (χ1n) is 5.49. The number of rotatable bonds is 4. The first-order valence-corrected chi connectivity index (χ1v) is 8.52. The zero-order valence-electron chi connectivity index (χ0n) is 13.0. The summed E-state index contributed by atoms with van der Waals surface area (Å²) in [5, 5.41) is 51.5. The summed E-state index contributed by atoms with van der Waals surface area (Å²) in [6.45, 7) is 0. The maximum absolute atomic E-state index is 8.59. The van der Waals surface area contributed by atoms with Gasteiger partial charge in [-0.2, -0.15) is 0 Å². The number of hydrogen-bond acceptors (Lipinski definition) is 14. The van der Waals surface area contributed by atoms with Gasteiger partial charge < -0.3 is 50.5 Å². The Morgan fingerprint density at radius 3 is 0.769 bits per heavy atom. The second-order valence-corrected chi connectivity index (χ2v) is 4.45. The predicted octanol–water partition coefficient (Wildman–Crippen LogP) is -2.83. The van der Waals surface area contributed by atoms with Crippen LogP contribution in [0.1, 0.15) is 0 Å². The van der Waals surface area contributed by atoms with Gasteiger partial charge in [-0.05, 0) is 0 Å². The van der Waals surface area contributed by atoms with Gasteiger partial charge in [0.05, 0.1) is 0 Å². The van der Waals surface area contributed by atoms with E-state index in [9.17, 15) is 0 Å². The van der Waals surface area contributed by atoms with E-state index in [1.807, 2.05) is 0 Å². The molecular weight excluding hydrogens is 510 g/mol. The van der Waals surface area contributed by atoms with Crippen LogP contribution in [0.5, 0.6) is 0 Å². The van der Waals surface area contributed by atoms with Crippen molar-refractivity contribution in [3.63, 3.8) is 0 Å². The summed E-state index contributed by atoms with van der Waals surface area (Å²) in [6, 6.07) is 0. The van der Waals surface area contributed by atoms with Crippen LogP contribution in [-0.2, 0) is 81.4 Å². The fourth-order valence-corrected chi connectivity index (χ4v) is 0.710. The van der Waals surface area contributed by atoms with Crippen LogP contribution in [0.2, 0.25) is 10.8 Å². The van der Waals surface area contributed by atoms with E-state index in [1.165, 1.54) is 21.6 Å². The van der Waals surface area contributed by atoms with Gasteiger partial charge >= 0.3 is 99.4 Å². The molecule has 154 valence electrons. The van der Waals surface area contributed by atoms with Gasteiger partial charge in [0.25, 0.3) is 0 Å². The molecule has 26 heavy (non-hydrogen) atoms. The molecule has 0 heterocycles. The van der Waals surface area contributed by atoms with E-state index in [2.05, 4.69) is 81.4 Å². The fourth-order valence-electron chi connectivity index (χ4n) is 0.172. The fraction of sp³-hybridized carbons (Fsp3) is 0.600. The van der Waals surface area contributed by atoms with Crippen LogP contribution in [0, 0.1) is 42.7 Å². The Balaban J connectivity index is -0.0000000490. The summed E-state index contributed by atoms with van der Waals surface area (Å²) in [5.41, 5.74) is 20.1. The standard InChI is InChI=1S/2C3H9N2O.4CHNS.2Ni/c2*1-2(6)3(4)5;4*2-1-3;;/h2*2-3,6H,1,4-5H2;4*3H;;/q;;;;;;2*+2/p-4. The van der Waals surface area contributed by atoms with Crippen molar-refractivity contribution >= 4 is 50.5 Å². The third kappa shape index (κ3) is 89.6. The molecule has 0 aromatic carbocycles. The van der Waals surface area contributed by atoms with Crippen molar-refractivity contribution < 1.29 is 41.1 Å². The summed E-state index contributed by atoms with van der Waals surface area (Å²) in [5.74, 6) is 0. The van der Waals surface area contributed by atoms with Gasteiger partial charge in [-0.25, -0.2) is 21.0 Å². The molecule has 0 saturated carbocycles. The molecule has 0 rings (SSSR count). The number of thiocyanates is 4. The number of aliphatic hydroxyl groups excluding tert-OH is 2. The molecule has 2 atom stereocenters. The van der Waals surface area contributed by atoms with Crippen LogP contribution < -0.4 is 22.9 Å². The third-order valence-corrected chi connectivity index (χ3v) is 1.98. The minimum atomic E-state index is -0.708. The average Bonchev–Trinajstić information content (AvgIpc) is 2.56. The summed E-state index contributed by atoms with van der Waals surface area (Å²) >= 11 is 23.2. The molecule has 0 aromatic rings. The first kappa shape index (κ1) is 40.3. The zero-order chi connectivity index (χ0) is 22.6. The molecule has 0 aliphatic heterocycles. The first-order chi connectivity index (χ1) is 12.0. The van der Waals surface area contributed by atoms with Gasteiger partial charge in [0.15, 0.2) is 0 Å². The molecule has 0 amide bonds. The number of nitrogens with zero attached hydrogens (tertiary/aromatic N) is 4. The van der Waals surface area contributed by atoms with Gasteiger partial charge in [-0.15, -0.1) is 0 Å². The molecular formula is C10H18N8Ni2O2S4. The quantitative estimate of drug-likeness (QED) is 0.0934. The molecule has 0 radical (unpaired) electrons. The molecule has 0 bridgehead atoms. The van der Waals surface area contributed by atoms with Crippen LogP contribution in [0.4, 0.5) is 0 Å². The van der Waals surface area contributed by atoms with E-state index in [0.717, 1.165) is 0 Å². The van der Waals surface area contributed by atoms with Gasteiger partial charge in [0, 0.05) is 0 Å². The van der Waals surface area contributed by atoms with E-state index in [0.29, 0.717) is 0 Å². The van der Waals surface area contributed by atoms with Crippen molar-refractivity contribution in [3.8, 4) is 21.6 Å². The maximum atomic E-state index is 8.59. The third-order valence-electron chi connectivity index (χ3n) is 1.15. The van der Waals surface area contributed by atoms with Crippen LogP contribution in [-0.4, -0.2) is 34.8 Å². The summed E-state index contributed by atoms with van der Waals surface area (Å²) < 4.78 is 0. The molecule has 0 saturated heterocycles. The Morgan fingerprint density at radius 1 is 0.654 bits per heavy atom. The zero-order valence-corrected chi connectivity index (χ0v) is 18.2. The summed E-state index contributed by atoms with van der Waals surface area (Å²) in [6.07, 6.45) is -2.76. The van der Waals surface area contributed by atoms with Gasteiger partial charge in [-0.3, -0.25) is 0 Å². The van der Waals surface area contributed by atoms with E-state index in [4.69, 9.17) is 54.2 Å². The number of aliphatic hydroxyl groups is 2. The van der Waals surface area contributed by atoms with Crippen LogP contribution in [0.25, 0.3) is 0 Å². The van der Waals surface area contributed by atoms with E-state index in [1.54, 1.807) is 0 Å².